The quantitative estimate of drug-likeness (QED) is 0.307. The third-order valence-corrected chi connectivity index (χ3v) is 2.01. The van der Waals surface area contributed by atoms with Crippen molar-refractivity contribution in [1.29, 1.82) is 0 Å². The van der Waals surface area contributed by atoms with E-state index in [-0.39, 0.29) is 6.42 Å². The molecule has 0 rings (SSSR count). The van der Waals surface area contributed by atoms with E-state index < -0.39 is 62.2 Å². The number of alkyl halides is 6. The van der Waals surface area contributed by atoms with Gasteiger partial charge < -0.3 is 14.8 Å². The Hall–Kier alpha value is -2.34. The van der Waals surface area contributed by atoms with E-state index >= 15 is 0 Å². The molecular formula is C11H11F6NO6. The summed E-state index contributed by atoms with van der Waals surface area (Å²) in [6.45, 7) is -4.29. The fourth-order valence-corrected chi connectivity index (χ4v) is 1.07. The Kier molecular flexibility index (Phi) is 8.19. The van der Waals surface area contributed by atoms with Crippen molar-refractivity contribution in [3.63, 3.8) is 0 Å². The Bertz CT molecular complexity index is 442. The highest BCUT2D eigenvalue weighted by Gasteiger charge is 2.32. The molecule has 0 unspecified atom stereocenters. The van der Waals surface area contributed by atoms with Crippen LogP contribution in [0.2, 0.25) is 0 Å². The Morgan fingerprint density at radius 1 is 0.792 bits per heavy atom. The van der Waals surface area contributed by atoms with Crippen molar-refractivity contribution in [2.24, 2.45) is 0 Å². The molecule has 0 aromatic carbocycles. The number of carbonyl (C=O) groups is 4. The summed E-state index contributed by atoms with van der Waals surface area (Å²) >= 11 is 0. The van der Waals surface area contributed by atoms with E-state index in [2.05, 4.69) is 9.47 Å². The van der Waals surface area contributed by atoms with Crippen molar-refractivity contribution in [2.75, 3.05) is 19.8 Å². The molecule has 0 saturated heterocycles. The summed E-state index contributed by atoms with van der Waals surface area (Å²) in [5.41, 5.74) is 0. The number of ether oxygens (including phenoxy) is 2. The maximum absolute atomic E-state index is 11.7. The summed E-state index contributed by atoms with van der Waals surface area (Å²) in [7, 11) is 0. The van der Waals surface area contributed by atoms with E-state index in [1.54, 1.807) is 5.32 Å². The number of rotatable bonds is 7. The Labute approximate surface area is 130 Å². The fraction of sp³-hybridized carbons (Fsp3) is 0.636. The fourth-order valence-electron chi connectivity index (χ4n) is 1.07. The molecule has 0 aromatic rings. The van der Waals surface area contributed by atoms with Crippen LogP contribution < -0.4 is 5.32 Å². The van der Waals surface area contributed by atoms with Crippen molar-refractivity contribution >= 4 is 23.6 Å². The van der Waals surface area contributed by atoms with Gasteiger partial charge in [0, 0.05) is 13.0 Å². The molecule has 0 aliphatic heterocycles. The molecule has 13 heteroatoms. The maximum Gasteiger partial charge on any atom is 0.422 e. The smallest absolute Gasteiger partial charge is 0.422 e. The third kappa shape index (κ3) is 11.3. The molecule has 0 aliphatic carbocycles. The summed E-state index contributed by atoms with van der Waals surface area (Å²) in [6.07, 6.45) is -10.5. The van der Waals surface area contributed by atoms with E-state index in [1.165, 1.54) is 0 Å². The maximum atomic E-state index is 11.7. The van der Waals surface area contributed by atoms with Gasteiger partial charge >= 0.3 is 30.2 Å². The Balaban J connectivity index is 3.95. The first-order chi connectivity index (χ1) is 10.8. The molecule has 0 atom stereocenters. The predicted octanol–water partition coefficient (Wildman–Crippen LogP) is 0.663. The van der Waals surface area contributed by atoms with Gasteiger partial charge in [0.15, 0.2) is 13.2 Å². The first kappa shape index (κ1) is 21.7. The lowest BCUT2D eigenvalue weighted by Crippen LogP contribution is -2.35. The SMILES string of the molecule is O=C(CCCNC(=O)C(=O)OCC(F)(F)F)C(=O)OCC(F)(F)F. The molecule has 0 fully saturated rings. The van der Waals surface area contributed by atoms with Crippen LogP contribution in [0.1, 0.15) is 12.8 Å². The van der Waals surface area contributed by atoms with Crippen LogP contribution in [0.25, 0.3) is 0 Å². The van der Waals surface area contributed by atoms with Crippen molar-refractivity contribution in [1.82, 2.24) is 5.32 Å². The first-order valence-electron chi connectivity index (χ1n) is 6.10. The molecule has 1 amide bonds. The van der Waals surface area contributed by atoms with Crippen LogP contribution in [-0.2, 0) is 28.7 Å². The number of ketones is 1. The summed E-state index contributed by atoms with van der Waals surface area (Å²) in [5, 5.41) is 1.80. The lowest BCUT2D eigenvalue weighted by atomic mass is 10.2. The average molecular weight is 367 g/mol. The minimum atomic E-state index is -4.81. The monoisotopic (exact) mass is 367 g/mol. The Morgan fingerprint density at radius 2 is 1.25 bits per heavy atom. The van der Waals surface area contributed by atoms with Crippen LogP contribution in [0, 0.1) is 0 Å². The zero-order valence-corrected chi connectivity index (χ0v) is 11.8. The first-order valence-corrected chi connectivity index (χ1v) is 6.10. The lowest BCUT2D eigenvalue weighted by molar-refractivity contribution is -0.187. The van der Waals surface area contributed by atoms with Crippen LogP contribution >= 0.6 is 0 Å². The van der Waals surface area contributed by atoms with Crippen LogP contribution in [0.3, 0.4) is 0 Å². The van der Waals surface area contributed by atoms with E-state index in [9.17, 15) is 45.5 Å². The molecule has 0 aromatic heterocycles. The zero-order chi connectivity index (χ0) is 19.0. The third-order valence-electron chi connectivity index (χ3n) is 2.01. The van der Waals surface area contributed by atoms with E-state index in [0.717, 1.165) is 0 Å². The van der Waals surface area contributed by atoms with Crippen molar-refractivity contribution in [3.8, 4) is 0 Å². The van der Waals surface area contributed by atoms with Gasteiger partial charge in [-0.3, -0.25) is 9.59 Å². The number of esters is 2. The Morgan fingerprint density at radius 3 is 1.71 bits per heavy atom. The number of amides is 1. The lowest BCUT2D eigenvalue weighted by Gasteiger charge is -2.08. The molecule has 1 N–H and O–H groups in total. The van der Waals surface area contributed by atoms with E-state index in [1.807, 2.05) is 0 Å². The minimum Gasteiger partial charge on any atom is -0.450 e. The van der Waals surface area contributed by atoms with Gasteiger partial charge in [-0.15, -0.1) is 0 Å². The summed E-state index contributed by atoms with van der Waals surface area (Å²) < 4.78 is 77.7. The molecule has 138 valence electrons. The number of carbonyl (C=O) groups excluding carboxylic acids is 4. The number of halogens is 6. The highest BCUT2D eigenvalue weighted by Crippen LogP contribution is 2.15. The van der Waals surface area contributed by atoms with Crippen molar-refractivity contribution < 1.29 is 55.0 Å². The number of hydrogen-bond acceptors (Lipinski definition) is 6. The molecule has 0 bridgehead atoms. The van der Waals surface area contributed by atoms with Gasteiger partial charge in [0.05, 0.1) is 0 Å². The number of Topliss-reactive ketones (excluding diaryl/α,β-unsaturated/α-hetero) is 1. The zero-order valence-electron chi connectivity index (χ0n) is 11.8. The van der Waals surface area contributed by atoms with Gasteiger partial charge in [0.25, 0.3) is 0 Å². The van der Waals surface area contributed by atoms with Crippen molar-refractivity contribution in [3.05, 3.63) is 0 Å². The minimum absolute atomic E-state index is 0.266. The number of hydrogen-bond donors (Lipinski definition) is 1. The normalized spacial score (nSPS) is 11.6. The van der Waals surface area contributed by atoms with E-state index in [4.69, 9.17) is 0 Å². The van der Waals surface area contributed by atoms with Gasteiger partial charge in [0.2, 0.25) is 5.78 Å². The van der Waals surface area contributed by atoms with E-state index in [0.29, 0.717) is 0 Å². The van der Waals surface area contributed by atoms with Crippen LogP contribution in [0.15, 0.2) is 0 Å². The largest absolute Gasteiger partial charge is 0.450 e. The summed E-state index contributed by atoms with van der Waals surface area (Å²) in [4.78, 5) is 43.8. The molecule has 24 heavy (non-hydrogen) atoms. The van der Waals surface area contributed by atoms with Crippen molar-refractivity contribution in [2.45, 2.75) is 25.2 Å². The average Bonchev–Trinajstić information content (AvgIpc) is 2.44. The molecule has 0 heterocycles. The molecule has 0 spiro atoms. The van der Waals surface area contributed by atoms with Crippen LogP contribution in [-0.4, -0.2) is 55.7 Å². The van der Waals surface area contributed by atoms with Gasteiger partial charge in [-0.2, -0.15) is 26.3 Å². The summed E-state index contributed by atoms with van der Waals surface area (Å²) in [5.74, 6) is -6.33. The highest BCUT2D eigenvalue weighted by molar-refractivity contribution is 6.33. The molecule has 0 saturated carbocycles. The second-order valence-electron chi connectivity index (χ2n) is 4.17. The predicted molar refractivity (Wildman–Crippen MR) is 61.3 cm³/mol. The number of nitrogens with one attached hydrogen (secondary N) is 1. The highest BCUT2D eigenvalue weighted by atomic mass is 19.4. The van der Waals surface area contributed by atoms with Gasteiger partial charge in [-0.05, 0) is 6.42 Å². The van der Waals surface area contributed by atoms with Gasteiger partial charge in [-0.25, -0.2) is 9.59 Å². The molecule has 0 radical (unpaired) electrons. The standard InChI is InChI=1S/C11H11F6NO6/c12-10(13,14)4-23-8(21)6(19)2-1-3-18-7(20)9(22)24-5-11(15,16)17/h1-5H2,(H,18,20). The molecular weight excluding hydrogens is 356 g/mol. The molecule has 0 aliphatic rings. The van der Waals surface area contributed by atoms with Gasteiger partial charge in [-0.1, -0.05) is 0 Å². The van der Waals surface area contributed by atoms with Crippen LogP contribution in [0.4, 0.5) is 26.3 Å². The summed E-state index contributed by atoms with van der Waals surface area (Å²) in [6, 6.07) is 0. The second kappa shape index (κ2) is 9.08. The second-order valence-corrected chi connectivity index (χ2v) is 4.17. The van der Waals surface area contributed by atoms with Crippen LogP contribution in [0.5, 0.6) is 0 Å². The van der Waals surface area contributed by atoms with Gasteiger partial charge in [0.1, 0.15) is 0 Å². The molecule has 7 nitrogen and oxygen atoms in total. The topological polar surface area (TPSA) is 98.8 Å².